The molecule has 0 radical (unpaired) electrons. The largest absolute Gasteiger partial charge is 1.00 e. The number of thiazole rings is 1. The van der Waals surface area contributed by atoms with E-state index in [1.54, 1.807) is 16.5 Å². The molecule has 0 saturated carbocycles. The average molecular weight is 412 g/mol. The Bertz CT molecular complexity index is 1070. The Morgan fingerprint density at radius 3 is 2.81 bits per heavy atom. The Balaban J connectivity index is 0.00000210. The number of carboxylic acid groups (broad SMARTS) is 1. The molecule has 1 atom stereocenters. The molecule has 0 amide bonds. The van der Waals surface area contributed by atoms with Crippen molar-refractivity contribution in [1.82, 2.24) is 14.5 Å². The summed E-state index contributed by atoms with van der Waals surface area (Å²) in [5.41, 5.74) is 2.94. The number of pyridine rings is 2. The number of anilines is 1. The van der Waals surface area contributed by atoms with Crippen LogP contribution in [-0.2, 0) is 0 Å². The second-order valence-corrected chi connectivity index (χ2v) is 7.00. The van der Waals surface area contributed by atoms with Crippen LogP contribution in [0.5, 0.6) is 0 Å². The number of hydrogen-bond donors (Lipinski definition) is 2. The van der Waals surface area contributed by atoms with Gasteiger partial charge in [0.05, 0.1) is 11.9 Å². The highest BCUT2D eigenvalue weighted by molar-refractivity contribution is 7.12. The molecule has 11 heteroatoms. The van der Waals surface area contributed by atoms with E-state index >= 15 is 0 Å². The van der Waals surface area contributed by atoms with E-state index in [0.29, 0.717) is 18.2 Å². The second kappa shape index (κ2) is 7.22. The van der Waals surface area contributed by atoms with Crippen LogP contribution in [-0.4, -0.2) is 44.7 Å². The molecule has 1 aliphatic heterocycles. The number of nitrogens with zero attached hydrogens (tertiary/aromatic N) is 4. The summed E-state index contributed by atoms with van der Waals surface area (Å²) in [6, 6.07) is 1.25. The molecular weight excluding hydrogens is 397 g/mol. The molecule has 4 rings (SSSR count). The molecule has 1 fully saturated rings. The number of hydrogen-bond acceptors (Lipinski definition) is 6. The number of carbonyl (C=O) groups is 1. The molecule has 0 aliphatic carbocycles. The van der Waals surface area contributed by atoms with E-state index in [-0.39, 0.29) is 35.3 Å². The maximum absolute atomic E-state index is 14.7. The van der Waals surface area contributed by atoms with Crippen LogP contribution in [0.2, 0.25) is 0 Å². The van der Waals surface area contributed by atoms with Gasteiger partial charge in [0, 0.05) is 30.7 Å². The Hall–Kier alpha value is -2.56. The second-order valence-electron chi connectivity index (χ2n) is 6.13. The lowest BCUT2D eigenvalue weighted by Crippen LogP contribution is -3.00. The van der Waals surface area contributed by atoms with E-state index in [4.69, 9.17) is 0 Å². The minimum absolute atomic E-state index is 0. The van der Waals surface area contributed by atoms with Crippen molar-refractivity contribution in [1.29, 1.82) is 0 Å². The minimum atomic E-state index is -1.38. The fourth-order valence-electron chi connectivity index (χ4n) is 3.09. The summed E-state index contributed by atoms with van der Waals surface area (Å²) in [6.07, 6.45) is 3.58. The quantitative estimate of drug-likeness (QED) is 0.492. The van der Waals surface area contributed by atoms with Crippen molar-refractivity contribution in [3.63, 3.8) is 0 Å². The minimum Gasteiger partial charge on any atom is -1.00 e. The standard InChI is InChI=1S/C16H14FN5O3S.ClH/c17-11-5-9-12(23)10(15(24)25)7-22(16-19-2-4-26-16)13(9)20-14(11)21-3-1-8(18)6-21;/h2,4-5,7-8H,1,3,6,18H2,(H,24,25);1H. The van der Waals surface area contributed by atoms with Gasteiger partial charge < -0.3 is 28.1 Å². The molecule has 0 aromatic carbocycles. The number of halogens is 2. The van der Waals surface area contributed by atoms with Crippen molar-refractivity contribution in [2.75, 3.05) is 18.0 Å². The molecular formula is C16H15ClFN5O3S. The van der Waals surface area contributed by atoms with Crippen LogP contribution >= 0.6 is 11.3 Å². The number of aromatic nitrogens is 3. The molecule has 1 unspecified atom stereocenters. The summed E-state index contributed by atoms with van der Waals surface area (Å²) in [4.78, 5) is 34.2. The van der Waals surface area contributed by atoms with Crippen LogP contribution in [0.3, 0.4) is 0 Å². The molecule has 3 aromatic heterocycles. The summed E-state index contributed by atoms with van der Waals surface area (Å²) >= 11 is 1.26. The molecule has 3 aromatic rings. The third kappa shape index (κ3) is 3.27. The van der Waals surface area contributed by atoms with E-state index in [9.17, 15) is 19.1 Å². The summed E-state index contributed by atoms with van der Waals surface area (Å²) in [7, 11) is 0. The van der Waals surface area contributed by atoms with E-state index in [2.05, 4.69) is 15.7 Å². The van der Waals surface area contributed by atoms with Gasteiger partial charge in [-0.25, -0.2) is 19.2 Å². The van der Waals surface area contributed by atoms with E-state index in [1.807, 2.05) is 0 Å². The Labute approximate surface area is 162 Å². The van der Waals surface area contributed by atoms with Gasteiger partial charge in [0.2, 0.25) is 5.43 Å². The van der Waals surface area contributed by atoms with Crippen molar-refractivity contribution in [3.8, 4) is 5.13 Å². The Morgan fingerprint density at radius 1 is 1.44 bits per heavy atom. The first-order valence-electron chi connectivity index (χ1n) is 7.93. The molecule has 0 spiro atoms. The van der Waals surface area contributed by atoms with Gasteiger partial charge in [-0.3, -0.25) is 9.36 Å². The van der Waals surface area contributed by atoms with Crippen molar-refractivity contribution in [2.45, 2.75) is 12.5 Å². The van der Waals surface area contributed by atoms with Crippen LogP contribution in [0, 0.1) is 5.82 Å². The molecule has 4 heterocycles. The van der Waals surface area contributed by atoms with E-state index in [1.165, 1.54) is 22.1 Å². The van der Waals surface area contributed by atoms with Crippen molar-refractivity contribution < 1.29 is 32.4 Å². The number of fused-ring (bicyclic) bond motifs is 1. The summed E-state index contributed by atoms with van der Waals surface area (Å²) in [5.74, 6) is -1.90. The van der Waals surface area contributed by atoms with Gasteiger partial charge in [0.15, 0.2) is 22.4 Å². The zero-order chi connectivity index (χ0) is 18.4. The highest BCUT2D eigenvalue weighted by Gasteiger charge is 2.27. The van der Waals surface area contributed by atoms with Crippen LogP contribution in [0.15, 0.2) is 28.6 Å². The third-order valence-corrected chi connectivity index (χ3v) is 5.12. The van der Waals surface area contributed by atoms with Gasteiger partial charge in [0.1, 0.15) is 11.6 Å². The maximum atomic E-state index is 14.7. The summed E-state index contributed by atoms with van der Waals surface area (Å²) in [6.45, 7) is 1.20. The highest BCUT2D eigenvalue weighted by atomic mass is 35.5. The highest BCUT2D eigenvalue weighted by Crippen LogP contribution is 2.26. The number of carboxylic acids is 1. The van der Waals surface area contributed by atoms with Gasteiger partial charge in [-0.1, -0.05) is 0 Å². The number of aromatic carboxylic acids is 1. The average Bonchev–Trinajstić information content (AvgIpc) is 3.26. The summed E-state index contributed by atoms with van der Waals surface area (Å²) < 4.78 is 16.1. The Kier molecular flexibility index (Phi) is 5.13. The van der Waals surface area contributed by atoms with Crippen molar-refractivity contribution >= 4 is 34.2 Å². The van der Waals surface area contributed by atoms with Crippen LogP contribution in [0.1, 0.15) is 16.8 Å². The van der Waals surface area contributed by atoms with E-state index in [0.717, 1.165) is 12.5 Å². The molecule has 4 N–H and O–H groups in total. The van der Waals surface area contributed by atoms with E-state index < -0.39 is 22.8 Å². The first-order valence-corrected chi connectivity index (χ1v) is 8.80. The molecule has 0 bridgehead atoms. The van der Waals surface area contributed by atoms with Gasteiger partial charge >= 0.3 is 5.97 Å². The molecule has 8 nitrogen and oxygen atoms in total. The molecule has 1 saturated heterocycles. The third-order valence-electron chi connectivity index (χ3n) is 4.35. The van der Waals surface area contributed by atoms with Crippen molar-refractivity contribution in [2.24, 2.45) is 0 Å². The fraction of sp³-hybridized carbons (Fsp3) is 0.250. The topological polar surface area (TPSA) is 116 Å². The predicted octanol–water partition coefficient (Wildman–Crippen LogP) is -2.50. The molecule has 27 heavy (non-hydrogen) atoms. The lowest BCUT2D eigenvalue weighted by molar-refractivity contribution is -0.412. The zero-order valence-electron chi connectivity index (χ0n) is 13.9. The lowest BCUT2D eigenvalue weighted by Gasteiger charge is -2.18. The normalized spacial score (nSPS) is 16.5. The van der Waals surface area contributed by atoms with Gasteiger partial charge in [0.25, 0.3) is 0 Å². The van der Waals surface area contributed by atoms with Crippen molar-refractivity contribution in [3.05, 3.63) is 45.4 Å². The number of rotatable bonds is 3. The van der Waals surface area contributed by atoms with Crippen LogP contribution in [0.4, 0.5) is 10.2 Å². The summed E-state index contributed by atoms with van der Waals surface area (Å²) in [5, 5.41) is 11.4. The fourth-order valence-corrected chi connectivity index (χ4v) is 3.71. The first kappa shape index (κ1) is 19.2. The first-order chi connectivity index (χ1) is 12.5. The van der Waals surface area contributed by atoms with Gasteiger partial charge in [-0.05, 0) is 6.07 Å². The maximum Gasteiger partial charge on any atom is 0.341 e. The zero-order valence-corrected chi connectivity index (χ0v) is 15.5. The van der Waals surface area contributed by atoms with Crippen LogP contribution < -0.4 is 28.5 Å². The molecule has 142 valence electrons. The van der Waals surface area contributed by atoms with Gasteiger partial charge in [-0.2, -0.15) is 0 Å². The van der Waals surface area contributed by atoms with Crippen LogP contribution in [0.25, 0.3) is 16.2 Å². The Morgan fingerprint density at radius 2 is 2.22 bits per heavy atom. The van der Waals surface area contributed by atoms with Gasteiger partial charge in [-0.15, -0.1) is 11.3 Å². The monoisotopic (exact) mass is 411 g/mol. The predicted molar refractivity (Wildman–Crippen MR) is 93.4 cm³/mol. The lowest BCUT2D eigenvalue weighted by atomic mass is 10.2. The smallest absolute Gasteiger partial charge is 0.341 e. The SMILES string of the molecule is [Cl-].[NH3+]C1CCN(c2nc3c(cc2F)c(=O)c(C(=O)O)cn3-c2nccs2)C1. The molecule has 1 aliphatic rings. The number of quaternary nitrogens is 1.